The number of aromatic nitrogens is 2. The molecule has 1 aliphatic rings. The number of nitrogens with zero attached hydrogens (tertiary/aromatic N) is 4. The number of unbranched alkanes of at least 4 members (excludes halogenated alkanes) is 1. The van der Waals surface area contributed by atoms with Crippen LogP contribution in [-0.2, 0) is 9.59 Å². The Kier molecular flexibility index (Phi) is 10.8. The smallest absolute Gasteiger partial charge is 0.246 e. The van der Waals surface area contributed by atoms with E-state index in [2.05, 4.69) is 37.8 Å². The lowest BCUT2D eigenvalue weighted by Gasteiger charge is -2.23. The second kappa shape index (κ2) is 14.2. The molecule has 0 aliphatic heterocycles. The first-order valence-electron chi connectivity index (χ1n) is 12.8. The molecule has 0 spiro atoms. The van der Waals surface area contributed by atoms with Crippen molar-refractivity contribution in [2.45, 2.75) is 44.7 Å². The maximum Gasteiger partial charge on any atom is 0.246 e. The number of benzene rings is 1. The predicted octanol–water partition coefficient (Wildman–Crippen LogP) is 3.29. The van der Waals surface area contributed by atoms with Gasteiger partial charge in [-0.2, -0.15) is 4.98 Å². The Labute approximate surface area is 228 Å². The lowest BCUT2D eigenvalue weighted by Crippen LogP contribution is -2.45. The molecule has 0 radical (unpaired) electrons. The molecule has 208 valence electrons. The van der Waals surface area contributed by atoms with Gasteiger partial charge in [0, 0.05) is 50.4 Å². The van der Waals surface area contributed by atoms with Gasteiger partial charge in [0.05, 0.1) is 11.8 Å². The number of anilines is 3. The van der Waals surface area contributed by atoms with E-state index in [1.165, 1.54) is 17.0 Å². The summed E-state index contributed by atoms with van der Waals surface area (Å²) in [5.74, 6) is 4.62. The molecular formula is C28H35F2N7O2. The molecule has 1 aromatic heterocycles. The van der Waals surface area contributed by atoms with Crippen molar-refractivity contribution in [1.82, 2.24) is 25.1 Å². The van der Waals surface area contributed by atoms with Crippen LogP contribution < -0.4 is 16.0 Å². The van der Waals surface area contributed by atoms with Crippen molar-refractivity contribution < 1.29 is 18.4 Å². The summed E-state index contributed by atoms with van der Waals surface area (Å²) in [4.78, 5) is 36.7. The summed E-state index contributed by atoms with van der Waals surface area (Å²) >= 11 is 0. The molecule has 3 N–H and O–H groups in total. The number of likely N-dealkylation sites (N-methyl/N-ethyl adjacent to an activating group) is 2. The van der Waals surface area contributed by atoms with E-state index in [9.17, 15) is 18.4 Å². The van der Waals surface area contributed by atoms with Gasteiger partial charge in [-0.05, 0) is 52.4 Å². The predicted molar refractivity (Wildman–Crippen MR) is 147 cm³/mol. The van der Waals surface area contributed by atoms with Crippen LogP contribution in [-0.4, -0.2) is 77.9 Å². The summed E-state index contributed by atoms with van der Waals surface area (Å²) < 4.78 is 26.7. The van der Waals surface area contributed by atoms with E-state index in [0.717, 1.165) is 25.0 Å². The second-order valence-corrected chi connectivity index (χ2v) is 9.61. The third-order valence-corrected chi connectivity index (χ3v) is 5.92. The van der Waals surface area contributed by atoms with Gasteiger partial charge in [0.25, 0.3) is 0 Å². The highest BCUT2D eigenvalue weighted by Crippen LogP contribution is 2.26. The Morgan fingerprint density at radius 3 is 2.67 bits per heavy atom. The zero-order valence-corrected chi connectivity index (χ0v) is 22.7. The molecule has 1 aliphatic carbocycles. The number of rotatable bonds is 12. The number of halogens is 2. The van der Waals surface area contributed by atoms with E-state index in [1.807, 2.05) is 19.0 Å². The summed E-state index contributed by atoms with van der Waals surface area (Å²) in [6.07, 6.45) is 8.05. The van der Waals surface area contributed by atoms with E-state index in [1.54, 1.807) is 26.2 Å². The van der Waals surface area contributed by atoms with Crippen molar-refractivity contribution in [2.24, 2.45) is 0 Å². The first-order valence-corrected chi connectivity index (χ1v) is 12.8. The molecule has 0 unspecified atom stereocenters. The highest BCUT2D eigenvalue weighted by Gasteiger charge is 2.23. The highest BCUT2D eigenvalue weighted by atomic mass is 19.2. The van der Waals surface area contributed by atoms with Crippen molar-refractivity contribution in [2.75, 3.05) is 44.9 Å². The number of amides is 2. The quantitative estimate of drug-likeness (QED) is 0.216. The zero-order valence-electron chi connectivity index (χ0n) is 22.7. The lowest BCUT2D eigenvalue weighted by molar-refractivity contribution is -0.135. The summed E-state index contributed by atoms with van der Waals surface area (Å²) in [5.41, 5.74) is 0.954. The van der Waals surface area contributed by atoms with Crippen LogP contribution in [0.15, 0.2) is 36.5 Å². The largest absolute Gasteiger partial charge is 0.366 e. The molecule has 1 fully saturated rings. The highest BCUT2D eigenvalue weighted by molar-refractivity contribution is 5.92. The van der Waals surface area contributed by atoms with Gasteiger partial charge in [-0.25, -0.2) is 13.8 Å². The fraction of sp³-hybridized carbons (Fsp3) is 0.429. The molecule has 11 heteroatoms. The first kappa shape index (κ1) is 29.5. The number of nitrogens with one attached hydrogen (secondary N) is 3. The van der Waals surface area contributed by atoms with E-state index >= 15 is 0 Å². The molecule has 39 heavy (non-hydrogen) atoms. The molecule has 1 aromatic carbocycles. The maximum atomic E-state index is 13.5. The number of hydrogen-bond donors (Lipinski definition) is 3. The molecule has 3 rings (SSSR count). The van der Waals surface area contributed by atoms with Gasteiger partial charge in [0.15, 0.2) is 11.6 Å². The minimum Gasteiger partial charge on any atom is -0.366 e. The third-order valence-electron chi connectivity index (χ3n) is 5.92. The van der Waals surface area contributed by atoms with Crippen LogP contribution in [0, 0.1) is 23.5 Å². The van der Waals surface area contributed by atoms with E-state index in [-0.39, 0.29) is 17.8 Å². The van der Waals surface area contributed by atoms with Gasteiger partial charge in [0.2, 0.25) is 17.8 Å². The summed E-state index contributed by atoms with van der Waals surface area (Å²) in [6, 6.07) is 3.20. The SMILES string of the molecule is C[C@@H](C(=O)NCCCC#Cc1cnc(Nc2ccc(F)c(F)c2)nc1NC1CC1)N(C)C(=O)/C=C/CN(C)C. The van der Waals surface area contributed by atoms with Crippen molar-refractivity contribution in [1.29, 1.82) is 0 Å². The molecule has 0 bridgehead atoms. The summed E-state index contributed by atoms with van der Waals surface area (Å²) in [6.45, 7) is 2.76. The molecule has 1 saturated carbocycles. The summed E-state index contributed by atoms with van der Waals surface area (Å²) in [7, 11) is 5.42. The van der Waals surface area contributed by atoms with Crippen LogP contribution in [0.2, 0.25) is 0 Å². The Balaban J connectivity index is 1.49. The zero-order chi connectivity index (χ0) is 28.4. The van der Waals surface area contributed by atoms with Crippen LogP contribution in [0.4, 0.5) is 26.2 Å². The van der Waals surface area contributed by atoms with Gasteiger partial charge in [-0.1, -0.05) is 17.9 Å². The van der Waals surface area contributed by atoms with Crippen molar-refractivity contribution in [3.63, 3.8) is 0 Å². The number of hydrogen-bond acceptors (Lipinski definition) is 7. The average molecular weight is 540 g/mol. The van der Waals surface area contributed by atoms with Crippen molar-refractivity contribution >= 4 is 29.3 Å². The van der Waals surface area contributed by atoms with Crippen LogP contribution in [0.3, 0.4) is 0 Å². The average Bonchev–Trinajstić information content (AvgIpc) is 3.72. The third kappa shape index (κ3) is 9.65. The van der Waals surface area contributed by atoms with Gasteiger partial charge in [-0.15, -0.1) is 0 Å². The molecule has 2 amide bonds. The Hall–Kier alpha value is -4.04. The van der Waals surface area contributed by atoms with E-state index in [0.29, 0.717) is 49.0 Å². The molecule has 1 heterocycles. The number of carbonyl (C=O) groups excluding carboxylic acids is 2. The topological polar surface area (TPSA) is 102 Å². The van der Waals surface area contributed by atoms with Crippen LogP contribution in [0.25, 0.3) is 0 Å². The monoisotopic (exact) mass is 539 g/mol. The van der Waals surface area contributed by atoms with Crippen LogP contribution >= 0.6 is 0 Å². The standard InChI is InChI=1S/C28H35F2N7O2/c1-19(37(4)25(38)10-8-16-36(2)3)27(39)31-15-7-5-6-9-20-18-32-28(35-26(20)33-21-11-12-21)34-22-13-14-23(29)24(30)17-22/h8,10,13-14,17-19,21H,5,7,11-12,15-16H2,1-4H3,(H,31,39)(H2,32,33,34,35)/b10-8+/t19-/m0/s1. The molecule has 2 aromatic rings. The lowest BCUT2D eigenvalue weighted by atomic mass is 10.2. The number of carbonyl (C=O) groups is 2. The van der Waals surface area contributed by atoms with Gasteiger partial charge >= 0.3 is 0 Å². The first-order chi connectivity index (χ1) is 18.6. The Morgan fingerprint density at radius 2 is 1.97 bits per heavy atom. The maximum absolute atomic E-state index is 13.5. The van der Waals surface area contributed by atoms with Crippen LogP contribution in [0.5, 0.6) is 0 Å². The normalized spacial score (nSPS) is 13.5. The van der Waals surface area contributed by atoms with Crippen molar-refractivity contribution in [3.8, 4) is 11.8 Å². The second-order valence-electron chi connectivity index (χ2n) is 9.61. The van der Waals surface area contributed by atoms with Gasteiger partial charge < -0.3 is 25.8 Å². The molecule has 9 nitrogen and oxygen atoms in total. The van der Waals surface area contributed by atoms with Crippen LogP contribution in [0.1, 0.15) is 38.2 Å². The van der Waals surface area contributed by atoms with Crippen molar-refractivity contribution in [3.05, 3.63) is 53.7 Å². The van der Waals surface area contributed by atoms with E-state index < -0.39 is 17.7 Å². The fourth-order valence-corrected chi connectivity index (χ4v) is 3.31. The minimum absolute atomic E-state index is 0.228. The van der Waals surface area contributed by atoms with Gasteiger partial charge in [0.1, 0.15) is 11.9 Å². The minimum atomic E-state index is -0.960. The molecular weight excluding hydrogens is 504 g/mol. The van der Waals surface area contributed by atoms with Gasteiger partial charge in [-0.3, -0.25) is 9.59 Å². The molecule has 0 saturated heterocycles. The fourth-order valence-electron chi connectivity index (χ4n) is 3.31. The van der Waals surface area contributed by atoms with E-state index in [4.69, 9.17) is 0 Å². The Morgan fingerprint density at radius 1 is 1.21 bits per heavy atom. The summed E-state index contributed by atoms with van der Waals surface area (Å²) in [5, 5.41) is 9.05. The molecule has 1 atom stereocenters. The Bertz CT molecular complexity index is 1250.